The second-order valence-electron chi connectivity index (χ2n) is 5.43. The number of nitrogens with two attached hydrogens (primary N) is 1. The monoisotopic (exact) mass is 310 g/mol. The molecule has 0 aromatic heterocycles. The van der Waals surface area contributed by atoms with Crippen LogP contribution in [0.3, 0.4) is 0 Å². The molecule has 2 N–H and O–H groups in total. The maximum Gasteiger partial charge on any atom is 0.243 e. The highest BCUT2D eigenvalue weighted by atomic mass is 32.2. The molecule has 1 saturated heterocycles. The minimum Gasteiger partial charge on any atom is -0.330 e. The fourth-order valence-corrected chi connectivity index (χ4v) is 4.55. The Morgan fingerprint density at radius 1 is 1.38 bits per heavy atom. The average molecular weight is 310 g/mol. The van der Waals surface area contributed by atoms with Gasteiger partial charge in [-0.15, -0.1) is 0 Å². The normalized spacial score (nSPS) is 20.4. The smallest absolute Gasteiger partial charge is 0.243 e. The summed E-state index contributed by atoms with van der Waals surface area (Å²) in [5, 5.41) is 0. The molecule has 1 aliphatic rings. The van der Waals surface area contributed by atoms with Gasteiger partial charge in [0.25, 0.3) is 0 Å². The van der Waals surface area contributed by atoms with Gasteiger partial charge in [0.2, 0.25) is 10.0 Å². The molecule has 1 aliphatic heterocycles. The van der Waals surface area contributed by atoms with Gasteiger partial charge in [0.1, 0.15) is 0 Å². The van der Waals surface area contributed by atoms with Gasteiger partial charge in [-0.25, -0.2) is 8.42 Å². The molecule has 0 aliphatic carbocycles. The Bertz CT molecular complexity index is 611. The van der Waals surface area contributed by atoms with E-state index in [2.05, 4.69) is 0 Å². The summed E-state index contributed by atoms with van der Waals surface area (Å²) in [6.07, 6.45) is 3.42. The molecular formula is C15H22N2O3S. The molecule has 6 heteroatoms. The number of carbonyl (C=O) groups is 1. The van der Waals surface area contributed by atoms with Crippen LogP contribution in [0.1, 0.15) is 43.0 Å². The quantitative estimate of drug-likeness (QED) is 0.841. The molecule has 1 aromatic carbocycles. The molecule has 0 amide bonds. The van der Waals surface area contributed by atoms with Crippen molar-refractivity contribution in [3.8, 4) is 0 Å². The number of nitrogens with zero attached hydrogens (tertiary/aromatic N) is 1. The van der Waals surface area contributed by atoms with Gasteiger partial charge in [0, 0.05) is 18.2 Å². The van der Waals surface area contributed by atoms with E-state index in [4.69, 9.17) is 5.73 Å². The predicted molar refractivity (Wildman–Crippen MR) is 81.6 cm³/mol. The zero-order valence-corrected chi connectivity index (χ0v) is 13.1. The summed E-state index contributed by atoms with van der Waals surface area (Å²) < 4.78 is 27.2. The van der Waals surface area contributed by atoms with Crippen molar-refractivity contribution in [2.24, 2.45) is 5.73 Å². The number of carbonyl (C=O) groups excluding carboxylic acids is 1. The fourth-order valence-electron chi connectivity index (χ4n) is 2.78. The molecule has 5 nitrogen and oxygen atoms in total. The van der Waals surface area contributed by atoms with Gasteiger partial charge in [-0.3, -0.25) is 4.79 Å². The van der Waals surface area contributed by atoms with Gasteiger partial charge in [0.05, 0.1) is 4.90 Å². The molecule has 0 spiro atoms. The van der Waals surface area contributed by atoms with Crippen molar-refractivity contribution >= 4 is 15.8 Å². The van der Waals surface area contributed by atoms with Gasteiger partial charge in [-0.2, -0.15) is 4.31 Å². The topological polar surface area (TPSA) is 80.5 Å². The van der Waals surface area contributed by atoms with E-state index in [-0.39, 0.29) is 16.7 Å². The number of benzene rings is 1. The Balaban J connectivity index is 2.35. The van der Waals surface area contributed by atoms with Gasteiger partial charge in [-0.1, -0.05) is 18.6 Å². The number of sulfonamides is 1. The van der Waals surface area contributed by atoms with Crippen molar-refractivity contribution in [3.05, 3.63) is 29.8 Å². The summed E-state index contributed by atoms with van der Waals surface area (Å²) in [5.74, 6) is -0.135. The van der Waals surface area contributed by atoms with Crippen molar-refractivity contribution in [2.45, 2.75) is 43.5 Å². The van der Waals surface area contributed by atoms with E-state index >= 15 is 0 Å². The van der Waals surface area contributed by atoms with Crippen LogP contribution in [-0.2, 0) is 10.0 Å². The van der Waals surface area contributed by atoms with Crippen LogP contribution in [-0.4, -0.2) is 37.6 Å². The molecule has 2 rings (SSSR count). The molecule has 0 bridgehead atoms. The van der Waals surface area contributed by atoms with E-state index in [0.717, 1.165) is 19.3 Å². The minimum atomic E-state index is -3.56. The Morgan fingerprint density at radius 3 is 2.81 bits per heavy atom. The van der Waals surface area contributed by atoms with E-state index in [1.54, 1.807) is 22.5 Å². The molecule has 0 saturated carbocycles. The first-order valence-electron chi connectivity index (χ1n) is 7.29. The molecule has 0 radical (unpaired) electrons. The summed E-state index contributed by atoms with van der Waals surface area (Å²) in [6.45, 7) is 2.44. The number of Topliss-reactive ketones (excluding diaryl/α,β-unsaturated/α-hetero) is 1. The van der Waals surface area contributed by atoms with E-state index < -0.39 is 10.0 Å². The van der Waals surface area contributed by atoms with Crippen LogP contribution in [0.5, 0.6) is 0 Å². The standard InChI is InChI=1S/C15H22N2O3S/c1-12(18)13-5-4-7-15(11-13)21(19,20)17-10-3-2-6-14(17)8-9-16/h4-5,7,11,14H,2-3,6,8-10,16H2,1H3. The summed E-state index contributed by atoms with van der Waals surface area (Å²) in [7, 11) is -3.56. The largest absolute Gasteiger partial charge is 0.330 e. The molecule has 21 heavy (non-hydrogen) atoms. The third-order valence-electron chi connectivity index (χ3n) is 3.92. The third-order valence-corrected chi connectivity index (χ3v) is 5.87. The number of rotatable bonds is 5. The third kappa shape index (κ3) is 3.51. The lowest BCUT2D eigenvalue weighted by molar-refractivity contribution is 0.101. The molecule has 1 atom stereocenters. The Morgan fingerprint density at radius 2 is 2.14 bits per heavy atom. The van der Waals surface area contributed by atoms with Crippen LogP contribution in [0.4, 0.5) is 0 Å². The molecule has 1 aromatic rings. The van der Waals surface area contributed by atoms with Crippen LogP contribution in [0.15, 0.2) is 29.2 Å². The first-order valence-corrected chi connectivity index (χ1v) is 8.73. The van der Waals surface area contributed by atoms with Crippen LogP contribution in [0, 0.1) is 0 Å². The van der Waals surface area contributed by atoms with Crippen LogP contribution >= 0.6 is 0 Å². The average Bonchev–Trinajstić information content (AvgIpc) is 2.48. The number of ketones is 1. The highest BCUT2D eigenvalue weighted by Crippen LogP contribution is 2.27. The van der Waals surface area contributed by atoms with Gasteiger partial charge >= 0.3 is 0 Å². The lowest BCUT2D eigenvalue weighted by Crippen LogP contribution is -2.44. The van der Waals surface area contributed by atoms with Crippen LogP contribution in [0.25, 0.3) is 0 Å². The Kier molecular flexibility index (Phi) is 5.13. The minimum absolute atomic E-state index is 0.0327. The summed E-state index contributed by atoms with van der Waals surface area (Å²) >= 11 is 0. The van der Waals surface area contributed by atoms with Crippen molar-refractivity contribution < 1.29 is 13.2 Å². The molecule has 1 unspecified atom stereocenters. The van der Waals surface area contributed by atoms with Gasteiger partial charge in [-0.05, 0) is 44.9 Å². The number of hydrogen-bond acceptors (Lipinski definition) is 4. The van der Waals surface area contributed by atoms with E-state index in [0.29, 0.717) is 25.1 Å². The van der Waals surface area contributed by atoms with Crippen LogP contribution in [0.2, 0.25) is 0 Å². The Hall–Kier alpha value is -1.24. The van der Waals surface area contributed by atoms with E-state index in [9.17, 15) is 13.2 Å². The number of piperidine rings is 1. The molecular weight excluding hydrogens is 288 g/mol. The highest BCUT2D eigenvalue weighted by molar-refractivity contribution is 7.89. The van der Waals surface area contributed by atoms with Gasteiger partial charge in [0.15, 0.2) is 5.78 Å². The summed E-state index contributed by atoms with van der Waals surface area (Å²) in [4.78, 5) is 11.6. The second-order valence-corrected chi connectivity index (χ2v) is 7.32. The van der Waals surface area contributed by atoms with Crippen molar-refractivity contribution in [1.82, 2.24) is 4.31 Å². The van der Waals surface area contributed by atoms with Gasteiger partial charge < -0.3 is 5.73 Å². The highest BCUT2D eigenvalue weighted by Gasteiger charge is 2.33. The number of hydrogen-bond donors (Lipinski definition) is 1. The first-order chi connectivity index (χ1) is 9.96. The van der Waals surface area contributed by atoms with Crippen LogP contribution < -0.4 is 5.73 Å². The molecule has 1 fully saturated rings. The van der Waals surface area contributed by atoms with E-state index in [1.807, 2.05) is 0 Å². The van der Waals surface area contributed by atoms with E-state index in [1.165, 1.54) is 13.0 Å². The van der Waals surface area contributed by atoms with Crippen molar-refractivity contribution in [2.75, 3.05) is 13.1 Å². The molecule has 116 valence electrons. The predicted octanol–water partition coefficient (Wildman–Crippen LogP) is 1.78. The maximum absolute atomic E-state index is 12.8. The summed E-state index contributed by atoms with van der Waals surface area (Å²) in [6, 6.07) is 6.23. The van der Waals surface area contributed by atoms with Crippen molar-refractivity contribution in [1.29, 1.82) is 0 Å². The first kappa shape index (κ1) is 16.1. The lowest BCUT2D eigenvalue weighted by atomic mass is 10.0. The lowest BCUT2D eigenvalue weighted by Gasteiger charge is -2.34. The zero-order valence-electron chi connectivity index (χ0n) is 12.3. The summed E-state index contributed by atoms with van der Waals surface area (Å²) in [5.41, 5.74) is 6.02. The maximum atomic E-state index is 12.8. The zero-order chi connectivity index (χ0) is 15.5. The Labute approximate surface area is 126 Å². The SMILES string of the molecule is CC(=O)c1cccc(S(=O)(=O)N2CCCCC2CCN)c1. The second kappa shape index (κ2) is 6.68. The van der Waals surface area contributed by atoms with Crippen molar-refractivity contribution in [3.63, 3.8) is 0 Å². The fraction of sp³-hybridized carbons (Fsp3) is 0.533. The molecule has 1 heterocycles.